The summed E-state index contributed by atoms with van der Waals surface area (Å²) in [6.45, 7) is 7.39. The zero-order chi connectivity index (χ0) is 16.0. The van der Waals surface area contributed by atoms with E-state index in [1.807, 2.05) is 24.3 Å². The second-order valence-electron chi connectivity index (χ2n) is 6.14. The van der Waals surface area contributed by atoms with E-state index in [4.69, 9.17) is 5.11 Å². The highest BCUT2D eigenvalue weighted by Crippen LogP contribution is 2.12. The first kappa shape index (κ1) is 17.2. The van der Waals surface area contributed by atoms with Gasteiger partial charge in [0.1, 0.15) is 6.04 Å². The van der Waals surface area contributed by atoms with E-state index in [9.17, 15) is 9.59 Å². The highest BCUT2D eigenvalue weighted by molar-refractivity contribution is 5.89. The fraction of sp³-hybridized carbons (Fsp3) is 0.500. The largest absolute Gasteiger partial charge is 0.392 e. The van der Waals surface area contributed by atoms with Gasteiger partial charge in [0.05, 0.1) is 6.61 Å². The third-order valence-corrected chi connectivity index (χ3v) is 3.06. The molecule has 1 aromatic rings. The van der Waals surface area contributed by atoms with Crippen molar-refractivity contribution < 1.29 is 14.7 Å². The van der Waals surface area contributed by atoms with Crippen molar-refractivity contribution in [2.45, 2.75) is 46.9 Å². The Labute approximate surface area is 125 Å². The molecule has 0 radical (unpaired) electrons. The van der Waals surface area contributed by atoms with Crippen molar-refractivity contribution in [2.75, 3.05) is 0 Å². The minimum atomic E-state index is -0.585. The van der Waals surface area contributed by atoms with Crippen LogP contribution in [0.4, 0.5) is 0 Å². The van der Waals surface area contributed by atoms with E-state index in [1.54, 1.807) is 27.7 Å². The maximum atomic E-state index is 12.0. The minimum Gasteiger partial charge on any atom is -0.392 e. The molecule has 21 heavy (non-hydrogen) atoms. The van der Waals surface area contributed by atoms with Crippen molar-refractivity contribution in [3.63, 3.8) is 0 Å². The number of carbonyl (C=O) groups is 2. The molecular weight excluding hydrogens is 268 g/mol. The molecule has 0 bridgehead atoms. The number of amides is 2. The molecule has 3 N–H and O–H groups in total. The van der Waals surface area contributed by atoms with Crippen molar-refractivity contribution in [1.82, 2.24) is 10.6 Å². The molecule has 1 aromatic carbocycles. The first-order chi connectivity index (χ1) is 9.74. The molecule has 1 atom stereocenters. The maximum Gasteiger partial charge on any atom is 0.242 e. The summed E-state index contributed by atoms with van der Waals surface area (Å²) in [5.74, 6) is -0.394. The lowest BCUT2D eigenvalue weighted by atomic mass is 9.95. The van der Waals surface area contributed by atoms with E-state index < -0.39 is 11.5 Å². The number of aliphatic hydroxyl groups excluding tert-OH is 1. The minimum absolute atomic E-state index is 0.0279. The van der Waals surface area contributed by atoms with E-state index in [1.165, 1.54) is 0 Å². The predicted octanol–water partition coefficient (Wildman–Crippen LogP) is 1.35. The number of rotatable bonds is 5. The Morgan fingerprint density at radius 2 is 1.86 bits per heavy atom. The van der Waals surface area contributed by atoms with Gasteiger partial charge in [-0.05, 0) is 18.1 Å². The number of carbonyl (C=O) groups excluding carboxylic acids is 2. The second kappa shape index (κ2) is 7.22. The van der Waals surface area contributed by atoms with Crippen LogP contribution in [0, 0.1) is 5.41 Å². The van der Waals surface area contributed by atoms with Crippen LogP contribution in [0.2, 0.25) is 0 Å². The highest BCUT2D eigenvalue weighted by Gasteiger charge is 2.24. The topological polar surface area (TPSA) is 78.4 Å². The van der Waals surface area contributed by atoms with Gasteiger partial charge >= 0.3 is 0 Å². The van der Waals surface area contributed by atoms with Gasteiger partial charge in [-0.1, -0.05) is 45.0 Å². The van der Waals surface area contributed by atoms with Gasteiger partial charge < -0.3 is 15.7 Å². The summed E-state index contributed by atoms with van der Waals surface area (Å²) < 4.78 is 0. The summed E-state index contributed by atoms with van der Waals surface area (Å²) in [4.78, 5) is 23.8. The molecule has 0 aliphatic rings. The zero-order valence-electron chi connectivity index (χ0n) is 13.1. The number of aliphatic hydroxyl groups is 1. The molecule has 0 aliphatic carbocycles. The van der Waals surface area contributed by atoms with Crippen molar-refractivity contribution in [3.8, 4) is 0 Å². The number of hydrogen-bond acceptors (Lipinski definition) is 3. The van der Waals surface area contributed by atoms with Crippen LogP contribution in [0.3, 0.4) is 0 Å². The molecule has 1 rings (SSSR count). The molecule has 0 spiro atoms. The molecule has 116 valence electrons. The third kappa shape index (κ3) is 5.55. The van der Waals surface area contributed by atoms with Gasteiger partial charge in [0.15, 0.2) is 0 Å². The summed E-state index contributed by atoms with van der Waals surface area (Å²) >= 11 is 0. The summed E-state index contributed by atoms with van der Waals surface area (Å²) in [6.07, 6.45) is 0. The molecular formula is C16H24N2O3. The lowest BCUT2D eigenvalue weighted by Crippen LogP contribution is -2.48. The Balaban J connectivity index is 2.51. The second-order valence-corrected chi connectivity index (χ2v) is 6.14. The number of hydrogen-bond donors (Lipinski definition) is 3. The van der Waals surface area contributed by atoms with Crippen molar-refractivity contribution in [2.24, 2.45) is 5.41 Å². The normalized spacial score (nSPS) is 12.6. The summed E-state index contributed by atoms with van der Waals surface area (Å²) in [5.41, 5.74) is 1.18. The molecule has 1 unspecified atom stereocenters. The lowest BCUT2D eigenvalue weighted by molar-refractivity contribution is -0.133. The van der Waals surface area contributed by atoms with E-state index in [2.05, 4.69) is 10.6 Å². The van der Waals surface area contributed by atoms with E-state index in [0.717, 1.165) is 11.1 Å². The van der Waals surface area contributed by atoms with E-state index >= 15 is 0 Å². The van der Waals surface area contributed by atoms with Crippen LogP contribution in [-0.2, 0) is 22.7 Å². The summed E-state index contributed by atoms with van der Waals surface area (Å²) in [6, 6.07) is 6.77. The lowest BCUT2D eigenvalue weighted by Gasteiger charge is -2.21. The predicted molar refractivity (Wildman–Crippen MR) is 81.3 cm³/mol. The molecule has 2 amide bonds. The first-order valence-corrected chi connectivity index (χ1v) is 7.01. The van der Waals surface area contributed by atoms with E-state index in [-0.39, 0.29) is 18.4 Å². The monoisotopic (exact) mass is 292 g/mol. The average Bonchev–Trinajstić information content (AvgIpc) is 2.43. The third-order valence-electron chi connectivity index (χ3n) is 3.06. The smallest absolute Gasteiger partial charge is 0.242 e. The fourth-order valence-corrected chi connectivity index (χ4v) is 1.66. The van der Waals surface area contributed by atoms with Crippen LogP contribution in [-0.4, -0.2) is 23.0 Å². The van der Waals surface area contributed by atoms with Gasteiger partial charge in [-0.25, -0.2) is 0 Å². The molecule has 0 aromatic heterocycles. The summed E-state index contributed by atoms with van der Waals surface area (Å²) in [7, 11) is 0. The van der Waals surface area contributed by atoms with Gasteiger partial charge in [0.25, 0.3) is 0 Å². The Morgan fingerprint density at radius 3 is 2.43 bits per heavy atom. The fourth-order valence-electron chi connectivity index (χ4n) is 1.66. The van der Waals surface area contributed by atoms with E-state index in [0.29, 0.717) is 6.54 Å². The van der Waals surface area contributed by atoms with Gasteiger partial charge in [-0.15, -0.1) is 0 Å². The quantitative estimate of drug-likeness (QED) is 0.766. The van der Waals surface area contributed by atoms with Crippen LogP contribution in [0.15, 0.2) is 24.3 Å². The molecule has 0 saturated heterocycles. The van der Waals surface area contributed by atoms with Crippen LogP contribution >= 0.6 is 0 Å². The molecule has 0 saturated carbocycles. The van der Waals surface area contributed by atoms with Crippen molar-refractivity contribution in [3.05, 3.63) is 35.4 Å². The van der Waals surface area contributed by atoms with Crippen LogP contribution in [0.5, 0.6) is 0 Å². The first-order valence-electron chi connectivity index (χ1n) is 7.01. The Morgan fingerprint density at radius 1 is 1.24 bits per heavy atom. The van der Waals surface area contributed by atoms with Gasteiger partial charge in [0, 0.05) is 12.0 Å². The van der Waals surface area contributed by atoms with Crippen molar-refractivity contribution in [1.29, 1.82) is 0 Å². The van der Waals surface area contributed by atoms with Gasteiger partial charge in [0.2, 0.25) is 11.8 Å². The van der Waals surface area contributed by atoms with Crippen LogP contribution < -0.4 is 10.6 Å². The molecule has 5 heteroatoms. The number of benzene rings is 1. The molecule has 0 fully saturated rings. The van der Waals surface area contributed by atoms with Crippen LogP contribution in [0.25, 0.3) is 0 Å². The van der Waals surface area contributed by atoms with Crippen LogP contribution in [0.1, 0.15) is 38.8 Å². The van der Waals surface area contributed by atoms with Gasteiger partial charge in [-0.2, -0.15) is 0 Å². The molecule has 0 aliphatic heterocycles. The maximum absolute atomic E-state index is 12.0. The Hall–Kier alpha value is -1.88. The number of nitrogens with one attached hydrogen (secondary N) is 2. The van der Waals surface area contributed by atoms with Crippen molar-refractivity contribution >= 4 is 11.8 Å². The molecule has 0 heterocycles. The average molecular weight is 292 g/mol. The zero-order valence-corrected chi connectivity index (χ0v) is 13.1. The molecule has 5 nitrogen and oxygen atoms in total. The highest BCUT2D eigenvalue weighted by atomic mass is 16.3. The SMILES string of the molecule is CC(NC(=O)C(C)(C)C)C(=O)NCc1cccc(CO)c1. The Bertz CT molecular complexity index is 506. The summed E-state index contributed by atoms with van der Waals surface area (Å²) in [5, 5.41) is 14.5. The Kier molecular flexibility index (Phi) is 5.90. The van der Waals surface area contributed by atoms with Gasteiger partial charge in [-0.3, -0.25) is 9.59 Å². The standard InChI is InChI=1S/C16H24N2O3/c1-11(18-15(21)16(2,3)4)14(20)17-9-12-6-5-7-13(8-12)10-19/h5-8,11,19H,9-10H2,1-4H3,(H,17,20)(H,18,21).